The Morgan fingerprint density at radius 2 is 1.71 bits per heavy atom. The minimum atomic E-state index is -1.02. The molecule has 3 N–H and O–H groups in total. The first kappa shape index (κ1) is 17.5. The second-order valence-electron chi connectivity index (χ2n) is 5.41. The van der Waals surface area contributed by atoms with Gasteiger partial charge in [0.1, 0.15) is 6.04 Å². The Balaban J connectivity index is 2.59. The molecule has 2 amide bonds. The van der Waals surface area contributed by atoms with Crippen LogP contribution in [0.3, 0.4) is 0 Å². The van der Waals surface area contributed by atoms with Gasteiger partial charge in [-0.2, -0.15) is 0 Å². The summed E-state index contributed by atoms with van der Waals surface area (Å²) in [6, 6.07) is 6.04. The molecular formula is C15H21BrN2O3. The number of halogens is 1. The van der Waals surface area contributed by atoms with Gasteiger partial charge in [-0.15, -0.1) is 0 Å². The normalized spacial score (nSPS) is 13.6. The first-order valence-electron chi connectivity index (χ1n) is 6.85. The van der Waals surface area contributed by atoms with Crippen LogP contribution in [0.2, 0.25) is 0 Å². The molecule has 0 heterocycles. The summed E-state index contributed by atoms with van der Waals surface area (Å²) < 4.78 is 0.964. The molecule has 6 heteroatoms. The first-order valence-corrected chi connectivity index (χ1v) is 7.64. The van der Waals surface area contributed by atoms with Crippen LogP contribution in [0, 0.1) is 5.92 Å². The molecule has 0 fully saturated rings. The Hall–Kier alpha value is -1.56. The maximum absolute atomic E-state index is 11.9. The molecule has 116 valence electrons. The Morgan fingerprint density at radius 3 is 2.19 bits per heavy atom. The summed E-state index contributed by atoms with van der Waals surface area (Å²) in [6.45, 7) is 5.68. The number of nitrogens with one attached hydrogen (secondary N) is 2. The highest BCUT2D eigenvalue weighted by Gasteiger charge is 2.21. The fraction of sp³-hybridized carbons (Fsp3) is 0.467. The molecule has 0 saturated heterocycles. The van der Waals surface area contributed by atoms with Crippen molar-refractivity contribution < 1.29 is 14.7 Å². The van der Waals surface area contributed by atoms with Crippen LogP contribution in [0.1, 0.15) is 38.8 Å². The van der Waals surface area contributed by atoms with Crippen molar-refractivity contribution in [3.05, 3.63) is 34.3 Å². The third-order valence-corrected chi connectivity index (χ3v) is 3.56. The van der Waals surface area contributed by atoms with Crippen molar-refractivity contribution in [3.8, 4) is 0 Å². The molecule has 0 aliphatic carbocycles. The molecule has 5 nitrogen and oxygen atoms in total. The van der Waals surface area contributed by atoms with Gasteiger partial charge in [-0.3, -0.25) is 0 Å². The number of hydrogen-bond acceptors (Lipinski definition) is 2. The molecule has 0 spiro atoms. The fourth-order valence-electron chi connectivity index (χ4n) is 1.92. The predicted octanol–water partition coefficient (Wildman–Crippen LogP) is 3.31. The molecule has 1 rings (SSSR count). The van der Waals surface area contributed by atoms with Crippen LogP contribution in [0.15, 0.2) is 28.7 Å². The van der Waals surface area contributed by atoms with Crippen LogP contribution in [0.5, 0.6) is 0 Å². The van der Waals surface area contributed by atoms with E-state index in [1.54, 1.807) is 0 Å². The van der Waals surface area contributed by atoms with Crippen LogP contribution < -0.4 is 10.6 Å². The average molecular weight is 357 g/mol. The average Bonchev–Trinajstić information content (AvgIpc) is 2.37. The summed E-state index contributed by atoms with van der Waals surface area (Å²) in [6.07, 6.45) is 0.398. The molecule has 1 aromatic rings. The zero-order valence-electron chi connectivity index (χ0n) is 12.4. The number of amides is 2. The lowest BCUT2D eigenvalue weighted by molar-refractivity contribution is -0.139. The summed E-state index contributed by atoms with van der Waals surface area (Å²) in [4.78, 5) is 23.0. The van der Waals surface area contributed by atoms with Gasteiger partial charge >= 0.3 is 12.0 Å². The van der Waals surface area contributed by atoms with Crippen LogP contribution in [-0.4, -0.2) is 23.1 Å². The SMILES string of the molecule is CC(C)CC(NC(=O)NC(C)c1ccc(Br)cc1)C(=O)O. The third kappa shape index (κ3) is 6.16. The Kier molecular flexibility index (Phi) is 6.68. The Morgan fingerprint density at radius 1 is 1.14 bits per heavy atom. The molecule has 0 aromatic heterocycles. The maximum Gasteiger partial charge on any atom is 0.326 e. The van der Waals surface area contributed by atoms with Crippen molar-refractivity contribution in [2.75, 3.05) is 0 Å². The number of carbonyl (C=O) groups excluding carboxylic acids is 1. The van der Waals surface area contributed by atoms with Crippen LogP contribution >= 0.6 is 15.9 Å². The fourth-order valence-corrected chi connectivity index (χ4v) is 2.19. The van der Waals surface area contributed by atoms with E-state index in [2.05, 4.69) is 26.6 Å². The monoisotopic (exact) mass is 356 g/mol. The standard InChI is InChI=1S/C15H21BrN2O3/c1-9(2)8-13(14(19)20)18-15(21)17-10(3)11-4-6-12(16)7-5-11/h4-7,9-10,13H,8H2,1-3H3,(H,19,20)(H2,17,18,21). The molecule has 2 atom stereocenters. The van der Waals surface area contributed by atoms with Gasteiger partial charge in [0.25, 0.3) is 0 Å². The molecule has 0 bridgehead atoms. The van der Waals surface area contributed by atoms with Gasteiger partial charge in [0.2, 0.25) is 0 Å². The quantitative estimate of drug-likeness (QED) is 0.731. The second kappa shape index (κ2) is 8.02. The van der Waals surface area contributed by atoms with Crippen LogP contribution in [0.4, 0.5) is 4.79 Å². The largest absolute Gasteiger partial charge is 0.480 e. The third-order valence-electron chi connectivity index (χ3n) is 3.03. The van der Waals surface area contributed by atoms with E-state index < -0.39 is 18.0 Å². The van der Waals surface area contributed by atoms with Gasteiger partial charge < -0.3 is 15.7 Å². The van der Waals surface area contributed by atoms with Crippen molar-refractivity contribution in [2.24, 2.45) is 5.92 Å². The second-order valence-corrected chi connectivity index (χ2v) is 6.33. The van der Waals surface area contributed by atoms with E-state index in [-0.39, 0.29) is 12.0 Å². The van der Waals surface area contributed by atoms with E-state index in [0.29, 0.717) is 6.42 Å². The molecule has 0 aliphatic rings. The van der Waals surface area contributed by atoms with Crippen molar-refractivity contribution >= 4 is 27.9 Å². The number of carboxylic acid groups (broad SMARTS) is 1. The van der Waals surface area contributed by atoms with E-state index in [9.17, 15) is 9.59 Å². The van der Waals surface area contributed by atoms with Gasteiger partial charge in [-0.1, -0.05) is 41.9 Å². The van der Waals surface area contributed by atoms with Gasteiger partial charge in [-0.25, -0.2) is 9.59 Å². The summed E-state index contributed by atoms with van der Waals surface area (Å²) >= 11 is 3.35. The number of rotatable bonds is 6. The lowest BCUT2D eigenvalue weighted by atomic mass is 10.0. The number of benzene rings is 1. The van der Waals surface area contributed by atoms with Crippen LogP contribution in [-0.2, 0) is 4.79 Å². The highest BCUT2D eigenvalue weighted by atomic mass is 79.9. The highest BCUT2D eigenvalue weighted by molar-refractivity contribution is 9.10. The summed E-state index contributed by atoms with van der Waals surface area (Å²) in [5.74, 6) is -0.828. The van der Waals surface area contributed by atoms with E-state index in [4.69, 9.17) is 5.11 Å². The number of hydrogen-bond donors (Lipinski definition) is 3. The van der Waals surface area contributed by atoms with Crippen molar-refractivity contribution in [3.63, 3.8) is 0 Å². The maximum atomic E-state index is 11.9. The first-order chi connectivity index (χ1) is 9.79. The number of aliphatic carboxylic acids is 1. The van der Waals surface area contributed by atoms with E-state index >= 15 is 0 Å². The van der Waals surface area contributed by atoms with Gasteiger partial charge in [-0.05, 0) is 37.0 Å². The predicted molar refractivity (Wildman–Crippen MR) is 85.1 cm³/mol. The smallest absolute Gasteiger partial charge is 0.326 e. The lowest BCUT2D eigenvalue weighted by Gasteiger charge is -2.19. The minimum Gasteiger partial charge on any atom is -0.480 e. The molecule has 0 aliphatic heterocycles. The number of urea groups is 1. The van der Waals surface area contributed by atoms with E-state index in [1.165, 1.54) is 0 Å². The zero-order valence-corrected chi connectivity index (χ0v) is 14.0. The van der Waals surface area contributed by atoms with Gasteiger partial charge in [0.15, 0.2) is 0 Å². The molecular weight excluding hydrogens is 336 g/mol. The molecule has 1 aromatic carbocycles. The molecule has 21 heavy (non-hydrogen) atoms. The van der Waals surface area contributed by atoms with Gasteiger partial charge in [0.05, 0.1) is 6.04 Å². The highest BCUT2D eigenvalue weighted by Crippen LogP contribution is 2.16. The van der Waals surface area contributed by atoms with Crippen molar-refractivity contribution in [2.45, 2.75) is 39.3 Å². The summed E-state index contributed by atoms with van der Waals surface area (Å²) in [5.41, 5.74) is 0.948. The van der Waals surface area contributed by atoms with E-state index in [1.807, 2.05) is 45.0 Å². The molecule has 0 radical (unpaired) electrons. The molecule has 0 saturated carbocycles. The minimum absolute atomic E-state index is 0.190. The zero-order chi connectivity index (χ0) is 16.0. The van der Waals surface area contributed by atoms with Crippen molar-refractivity contribution in [1.82, 2.24) is 10.6 Å². The van der Waals surface area contributed by atoms with Gasteiger partial charge in [0, 0.05) is 4.47 Å². The number of carboxylic acids is 1. The van der Waals surface area contributed by atoms with Crippen LogP contribution in [0.25, 0.3) is 0 Å². The Bertz CT molecular complexity index is 488. The summed E-state index contributed by atoms with van der Waals surface area (Å²) in [5, 5.41) is 14.4. The molecule has 2 unspecified atom stereocenters. The topological polar surface area (TPSA) is 78.4 Å². The summed E-state index contributed by atoms with van der Waals surface area (Å²) in [7, 11) is 0. The van der Waals surface area contributed by atoms with E-state index in [0.717, 1.165) is 10.0 Å². The van der Waals surface area contributed by atoms with Crippen molar-refractivity contribution in [1.29, 1.82) is 0 Å². The Labute approximate surface area is 133 Å². The number of carbonyl (C=O) groups is 2. The lowest BCUT2D eigenvalue weighted by Crippen LogP contribution is -2.47.